The van der Waals surface area contributed by atoms with Gasteiger partial charge in [0.2, 0.25) is 11.0 Å². The summed E-state index contributed by atoms with van der Waals surface area (Å²) in [5, 5.41) is 11.5. The van der Waals surface area contributed by atoms with E-state index >= 15 is 0 Å². The molecule has 0 saturated carbocycles. The Balaban J connectivity index is 1.91. The summed E-state index contributed by atoms with van der Waals surface area (Å²) >= 11 is 2.72. The highest BCUT2D eigenvalue weighted by atomic mass is 32.2. The van der Waals surface area contributed by atoms with Crippen LogP contribution in [-0.4, -0.2) is 66.3 Å². The minimum Gasteiger partial charge on any atom is -0.363 e. The lowest BCUT2D eigenvalue weighted by molar-refractivity contribution is -0.129. The van der Waals surface area contributed by atoms with Crippen LogP contribution in [0.3, 0.4) is 0 Å². The molecular weight excluding hydrogens is 332 g/mol. The third kappa shape index (κ3) is 4.30. The monoisotopic (exact) mass is 350 g/mol. The van der Waals surface area contributed by atoms with Gasteiger partial charge in [-0.25, -0.2) is 8.42 Å². The van der Waals surface area contributed by atoms with Gasteiger partial charge in [-0.1, -0.05) is 23.1 Å². The maximum absolute atomic E-state index is 12.3. The van der Waals surface area contributed by atoms with E-state index in [9.17, 15) is 13.2 Å². The van der Waals surface area contributed by atoms with Crippen LogP contribution < -0.4 is 5.32 Å². The second kappa shape index (κ2) is 6.93. The molecule has 21 heavy (non-hydrogen) atoms. The van der Waals surface area contributed by atoms with Crippen molar-refractivity contribution in [2.45, 2.75) is 23.7 Å². The Kier molecular flexibility index (Phi) is 5.44. The topological polar surface area (TPSA) is 92.3 Å². The molecule has 118 valence electrons. The first kappa shape index (κ1) is 16.5. The van der Waals surface area contributed by atoms with Crippen molar-refractivity contribution in [2.75, 3.05) is 36.2 Å². The van der Waals surface area contributed by atoms with Gasteiger partial charge in [0.1, 0.15) is 0 Å². The van der Waals surface area contributed by atoms with Gasteiger partial charge < -0.3 is 10.2 Å². The molecule has 1 unspecified atom stereocenters. The lowest BCUT2D eigenvalue weighted by Gasteiger charge is -2.26. The van der Waals surface area contributed by atoms with Gasteiger partial charge in [-0.3, -0.25) is 4.79 Å². The second-order valence-electron chi connectivity index (χ2n) is 4.65. The molecule has 10 heteroatoms. The van der Waals surface area contributed by atoms with Crippen molar-refractivity contribution in [1.82, 2.24) is 15.1 Å². The number of carbonyl (C=O) groups excluding carboxylic acids is 1. The van der Waals surface area contributed by atoms with Crippen molar-refractivity contribution >= 4 is 44.0 Å². The number of nitrogens with zero attached hydrogens (tertiary/aromatic N) is 3. The van der Waals surface area contributed by atoms with Crippen molar-refractivity contribution in [3.63, 3.8) is 0 Å². The van der Waals surface area contributed by atoms with Crippen LogP contribution in [0.5, 0.6) is 0 Å². The van der Waals surface area contributed by atoms with Gasteiger partial charge in [-0.05, 0) is 13.3 Å². The van der Waals surface area contributed by atoms with E-state index in [0.717, 1.165) is 4.34 Å². The van der Waals surface area contributed by atoms with E-state index in [4.69, 9.17) is 0 Å². The van der Waals surface area contributed by atoms with E-state index in [2.05, 4.69) is 15.5 Å². The van der Waals surface area contributed by atoms with E-state index in [1.54, 1.807) is 11.9 Å². The van der Waals surface area contributed by atoms with Gasteiger partial charge in [0.25, 0.3) is 0 Å². The number of rotatable bonds is 6. The van der Waals surface area contributed by atoms with Crippen LogP contribution in [0.25, 0.3) is 0 Å². The number of sulfone groups is 1. The fraction of sp³-hybridized carbons (Fsp3) is 0.727. The molecule has 0 radical (unpaired) electrons. The zero-order valence-electron chi connectivity index (χ0n) is 11.9. The Hall–Kier alpha value is -0.870. The molecular formula is C11H18N4O3S3. The minimum atomic E-state index is -2.98. The molecule has 1 N–H and O–H groups in total. The van der Waals surface area contributed by atoms with Crippen LogP contribution in [-0.2, 0) is 14.6 Å². The standard InChI is InChI=1S/C11H18N4O3S3/c1-3-15(8-4-5-21(17,18)7-8)9(16)6-19-11-14-13-10(12-2)20-11/h8H,3-7H2,1-2H3,(H,12,13). The van der Waals surface area contributed by atoms with Crippen LogP contribution in [0, 0.1) is 0 Å². The molecule has 7 nitrogen and oxygen atoms in total. The fourth-order valence-electron chi connectivity index (χ4n) is 2.23. The Morgan fingerprint density at radius 2 is 2.29 bits per heavy atom. The molecule has 1 saturated heterocycles. The summed E-state index contributed by atoms with van der Waals surface area (Å²) < 4.78 is 23.8. The maximum Gasteiger partial charge on any atom is 0.233 e. The summed E-state index contributed by atoms with van der Waals surface area (Å²) in [6.45, 7) is 2.40. The van der Waals surface area contributed by atoms with Crippen LogP contribution >= 0.6 is 23.1 Å². The first-order chi connectivity index (χ1) is 9.95. The number of anilines is 1. The number of amides is 1. The first-order valence-electron chi connectivity index (χ1n) is 6.59. The Morgan fingerprint density at radius 3 is 2.81 bits per heavy atom. The molecule has 1 aromatic rings. The second-order valence-corrected chi connectivity index (χ2v) is 9.08. The van der Waals surface area contributed by atoms with E-state index in [1.165, 1.54) is 23.1 Å². The molecule has 1 atom stereocenters. The van der Waals surface area contributed by atoms with Gasteiger partial charge >= 0.3 is 0 Å². The molecule has 0 aromatic carbocycles. The smallest absolute Gasteiger partial charge is 0.233 e. The number of carbonyl (C=O) groups is 1. The summed E-state index contributed by atoms with van der Waals surface area (Å²) in [4.78, 5) is 13.9. The van der Waals surface area contributed by atoms with Crippen molar-refractivity contribution in [1.29, 1.82) is 0 Å². The predicted molar refractivity (Wildman–Crippen MR) is 84.6 cm³/mol. The minimum absolute atomic E-state index is 0.0502. The Labute approximate surface area is 132 Å². The molecule has 2 heterocycles. The maximum atomic E-state index is 12.3. The van der Waals surface area contributed by atoms with E-state index in [-0.39, 0.29) is 29.2 Å². The van der Waals surface area contributed by atoms with Crippen LogP contribution in [0.2, 0.25) is 0 Å². The number of hydrogen-bond donors (Lipinski definition) is 1. The third-order valence-electron chi connectivity index (χ3n) is 3.25. The Bertz CT molecular complexity index is 602. The van der Waals surface area contributed by atoms with Crippen molar-refractivity contribution in [3.05, 3.63) is 0 Å². The molecule has 0 bridgehead atoms. The SMILES string of the molecule is CCN(C(=O)CSc1nnc(NC)s1)C1CCS(=O)(=O)C1. The normalized spacial score (nSPS) is 20.4. The largest absolute Gasteiger partial charge is 0.363 e. The van der Waals surface area contributed by atoms with Crippen molar-refractivity contribution in [3.8, 4) is 0 Å². The zero-order chi connectivity index (χ0) is 15.5. The quantitative estimate of drug-likeness (QED) is 0.755. The van der Waals surface area contributed by atoms with Gasteiger partial charge in [-0.2, -0.15) is 0 Å². The van der Waals surface area contributed by atoms with E-state index in [0.29, 0.717) is 18.1 Å². The summed E-state index contributed by atoms with van der Waals surface area (Å²) in [6, 6.07) is -0.185. The van der Waals surface area contributed by atoms with Crippen LogP contribution in [0.15, 0.2) is 4.34 Å². The lowest BCUT2D eigenvalue weighted by Crippen LogP contribution is -2.41. The number of nitrogens with one attached hydrogen (secondary N) is 1. The van der Waals surface area contributed by atoms with E-state index < -0.39 is 9.84 Å². The van der Waals surface area contributed by atoms with Crippen molar-refractivity contribution < 1.29 is 13.2 Å². The first-order valence-corrected chi connectivity index (χ1v) is 10.2. The zero-order valence-corrected chi connectivity index (χ0v) is 14.4. The molecule has 1 aliphatic heterocycles. The summed E-state index contributed by atoms with van der Waals surface area (Å²) in [5.41, 5.74) is 0. The molecule has 1 aliphatic rings. The van der Waals surface area contributed by atoms with Crippen molar-refractivity contribution in [2.24, 2.45) is 0 Å². The number of aromatic nitrogens is 2. The predicted octanol–water partition coefficient (Wildman–Crippen LogP) is 0.708. The Morgan fingerprint density at radius 1 is 1.52 bits per heavy atom. The molecule has 0 spiro atoms. The highest BCUT2D eigenvalue weighted by Gasteiger charge is 2.33. The molecule has 2 rings (SSSR count). The third-order valence-corrected chi connectivity index (χ3v) is 7.06. The van der Waals surface area contributed by atoms with Gasteiger partial charge in [-0.15, -0.1) is 10.2 Å². The average Bonchev–Trinajstić information content (AvgIpc) is 3.04. The average molecular weight is 350 g/mol. The molecule has 1 fully saturated rings. The summed E-state index contributed by atoms with van der Waals surface area (Å²) in [6.07, 6.45) is 0.537. The van der Waals surface area contributed by atoms with Gasteiger partial charge in [0.15, 0.2) is 14.2 Å². The number of hydrogen-bond acceptors (Lipinski definition) is 8. The van der Waals surface area contributed by atoms with Crippen LogP contribution in [0.4, 0.5) is 5.13 Å². The summed E-state index contributed by atoms with van der Waals surface area (Å²) in [5.74, 6) is 0.463. The fourth-order valence-corrected chi connectivity index (χ4v) is 5.56. The van der Waals surface area contributed by atoms with Gasteiger partial charge in [0, 0.05) is 19.6 Å². The van der Waals surface area contributed by atoms with Crippen LogP contribution in [0.1, 0.15) is 13.3 Å². The number of thioether (sulfide) groups is 1. The molecule has 1 amide bonds. The van der Waals surface area contributed by atoms with E-state index in [1.807, 2.05) is 6.92 Å². The van der Waals surface area contributed by atoms with Gasteiger partial charge in [0.05, 0.1) is 17.3 Å². The molecule has 0 aliphatic carbocycles. The lowest BCUT2D eigenvalue weighted by atomic mass is 10.2. The summed E-state index contributed by atoms with van der Waals surface area (Å²) in [7, 11) is -1.22. The highest BCUT2D eigenvalue weighted by molar-refractivity contribution is 8.01. The highest BCUT2D eigenvalue weighted by Crippen LogP contribution is 2.26. The molecule has 1 aromatic heterocycles.